The lowest BCUT2D eigenvalue weighted by Gasteiger charge is -2.25. The summed E-state index contributed by atoms with van der Waals surface area (Å²) in [7, 11) is 4.96. The molecule has 3 heterocycles. The standard InChI is InChI=1S/C106H109N3O3/c1-99(2,3)84-50-70(51-85(66-84)100(4,5)6)34-39-75-60-82(97(111-26)63-78(75)41-36-72-54-88(103(13,14)15)68-89(55-72)104(16,17)18)46-44-77-62-81(43-38-74-58-94(92-32-28-30-48-107-92)109-95(59-74)93-33-29-31-49-108-93)96(110-25)65-80(77)45-47-83-61-76(40-35-71-52-86(101(7,8)9)67-87(53-71)102(10,11)12)79(64-98(83)112-27)42-37-73-56-90(105(19,20)21)69-91(57-73)106(22,23)24/h28-33,48-69H,1-27H3. The van der Waals surface area contributed by atoms with Gasteiger partial charge in [-0.05, 0) is 209 Å². The summed E-state index contributed by atoms with van der Waals surface area (Å²) in [4.78, 5) is 14.3. The summed E-state index contributed by atoms with van der Waals surface area (Å²) in [6, 6.07) is 54.1. The second kappa shape index (κ2) is 32.7. The van der Waals surface area contributed by atoms with Gasteiger partial charge >= 0.3 is 0 Å². The van der Waals surface area contributed by atoms with Gasteiger partial charge in [0.2, 0.25) is 0 Å². The van der Waals surface area contributed by atoms with Crippen LogP contribution in [0.5, 0.6) is 17.2 Å². The number of benzene rings is 7. The zero-order valence-electron chi connectivity index (χ0n) is 71.2. The maximum absolute atomic E-state index is 6.32. The van der Waals surface area contributed by atoms with Gasteiger partial charge in [0.15, 0.2) is 0 Å². The van der Waals surface area contributed by atoms with Gasteiger partial charge in [0.05, 0.1) is 60.8 Å². The van der Waals surface area contributed by atoms with Crippen LogP contribution in [0.2, 0.25) is 0 Å². The molecule has 0 spiro atoms. The molecule has 0 saturated carbocycles. The quantitative estimate of drug-likeness (QED) is 0.160. The van der Waals surface area contributed by atoms with Gasteiger partial charge in [-0.3, -0.25) is 9.97 Å². The van der Waals surface area contributed by atoms with E-state index in [4.69, 9.17) is 19.2 Å². The molecule has 0 atom stereocenters. The lowest BCUT2D eigenvalue weighted by atomic mass is 9.79. The molecule has 0 aliphatic rings. The SMILES string of the molecule is COc1cc(C#Cc2cc(C#Cc3cc(C(C)(C)C)cc(C(C)(C)C)c3)c(C#Cc3cc(C(C)(C)C)cc(C(C)(C)C)c3)cc2OC)c(C#Cc2cc(C#Cc3cc(C(C)(C)C)cc(C(C)(C)C)c3)c(C#Cc3cc(C(C)(C)C)cc(C(C)(C)C)c3)cc2OC)cc1C#Cc1cc(-c2ccccn2)nc(-c2ccccn2)c1. The summed E-state index contributed by atoms with van der Waals surface area (Å²) in [5.41, 5.74) is 21.5. The Hall–Kier alpha value is -11.7. The highest BCUT2D eigenvalue weighted by Gasteiger charge is 2.26. The summed E-state index contributed by atoms with van der Waals surface area (Å²) >= 11 is 0. The van der Waals surface area contributed by atoms with Crippen LogP contribution in [0, 0.1) is 82.9 Å². The average Bonchev–Trinajstić information content (AvgIpc) is 0.810. The third-order valence-electron chi connectivity index (χ3n) is 19.7. The van der Waals surface area contributed by atoms with Crippen molar-refractivity contribution in [2.45, 2.75) is 209 Å². The van der Waals surface area contributed by atoms with Crippen molar-refractivity contribution in [2.75, 3.05) is 21.3 Å². The summed E-state index contributed by atoms with van der Waals surface area (Å²) < 4.78 is 18.9. The molecule has 3 aromatic heterocycles. The molecule has 10 aromatic rings. The highest BCUT2D eigenvalue weighted by Crippen LogP contribution is 2.37. The molecule has 0 saturated heterocycles. The van der Waals surface area contributed by atoms with E-state index in [1.165, 1.54) is 44.5 Å². The van der Waals surface area contributed by atoms with Crippen LogP contribution in [0.25, 0.3) is 22.8 Å². The highest BCUT2D eigenvalue weighted by atomic mass is 16.5. The van der Waals surface area contributed by atoms with Gasteiger partial charge in [0, 0.05) is 73.6 Å². The Morgan fingerprint density at radius 1 is 0.205 bits per heavy atom. The van der Waals surface area contributed by atoms with E-state index >= 15 is 0 Å². The third-order valence-corrected chi connectivity index (χ3v) is 19.7. The molecule has 0 aliphatic heterocycles. The molecule has 7 aromatic carbocycles. The first kappa shape index (κ1) is 82.8. The van der Waals surface area contributed by atoms with E-state index in [9.17, 15) is 0 Å². The molecule has 0 amide bonds. The van der Waals surface area contributed by atoms with E-state index in [-0.39, 0.29) is 43.3 Å². The van der Waals surface area contributed by atoms with Crippen LogP contribution in [0.1, 0.15) is 289 Å². The molecule has 0 unspecified atom stereocenters. The molecule has 0 aliphatic carbocycles. The van der Waals surface area contributed by atoms with Crippen molar-refractivity contribution in [1.29, 1.82) is 0 Å². The Morgan fingerprint density at radius 2 is 0.402 bits per heavy atom. The fourth-order valence-corrected chi connectivity index (χ4v) is 12.3. The highest BCUT2D eigenvalue weighted by molar-refractivity contribution is 5.71. The van der Waals surface area contributed by atoms with E-state index in [1.54, 1.807) is 33.7 Å². The number of methoxy groups -OCH3 is 3. The zero-order chi connectivity index (χ0) is 81.7. The van der Waals surface area contributed by atoms with Gasteiger partial charge in [-0.15, -0.1) is 0 Å². The second-order valence-corrected chi connectivity index (χ2v) is 37.3. The smallest absolute Gasteiger partial charge is 0.135 e. The topological polar surface area (TPSA) is 66.4 Å². The minimum Gasteiger partial charge on any atom is -0.495 e. The summed E-state index contributed by atoms with van der Waals surface area (Å²) in [5, 5.41) is 0. The predicted octanol–water partition coefficient (Wildman–Crippen LogP) is 23.4. The maximum Gasteiger partial charge on any atom is 0.135 e. The van der Waals surface area contributed by atoms with Gasteiger partial charge in [0.25, 0.3) is 0 Å². The number of aromatic nitrogens is 3. The Balaban J connectivity index is 1.23. The van der Waals surface area contributed by atoms with Gasteiger partial charge in [-0.1, -0.05) is 285 Å². The molecule has 6 nitrogen and oxygen atoms in total. The van der Waals surface area contributed by atoms with Crippen LogP contribution in [0.4, 0.5) is 0 Å². The van der Waals surface area contributed by atoms with E-state index in [0.717, 1.165) is 22.3 Å². The number of ether oxygens (including phenoxy) is 3. The van der Waals surface area contributed by atoms with E-state index in [0.29, 0.717) is 95.7 Å². The maximum atomic E-state index is 6.32. The van der Waals surface area contributed by atoms with Crippen molar-refractivity contribution >= 4 is 0 Å². The molecule has 10 rings (SSSR count). The molecule has 0 N–H and O–H groups in total. The summed E-state index contributed by atoms with van der Waals surface area (Å²) in [5.74, 6) is 51.7. The number of rotatable bonds is 5. The van der Waals surface area contributed by atoms with Gasteiger partial charge < -0.3 is 14.2 Å². The summed E-state index contributed by atoms with van der Waals surface area (Å²) in [6.45, 7) is 53.8. The second-order valence-electron chi connectivity index (χ2n) is 37.3. The number of hydrogen-bond donors (Lipinski definition) is 0. The van der Waals surface area contributed by atoms with Crippen LogP contribution in [-0.4, -0.2) is 36.3 Å². The van der Waals surface area contributed by atoms with E-state index in [1.807, 2.05) is 84.9 Å². The Labute approximate surface area is 671 Å². The van der Waals surface area contributed by atoms with Crippen LogP contribution in [0.15, 0.2) is 170 Å². The molecule has 566 valence electrons. The first-order valence-electron chi connectivity index (χ1n) is 38.6. The zero-order valence-corrected chi connectivity index (χ0v) is 71.2. The fraction of sp³-hybridized carbons (Fsp3) is 0.330. The molecule has 6 heteroatoms. The number of hydrogen-bond acceptors (Lipinski definition) is 6. The molecular weight excluding hydrogens is 1360 g/mol. The average molecular weight is 1470 g/mol. The van der Waals surface area contributed by atoms with Crippen molar-refractivity contribution in [3.05, 3.63) is 293 Å². The van der Waals surface area contributed by atoms with Crippen LogP contribution < -0.4 is 14.2 Å². The van der Waals surface area contributed by atoms with Crippen LogP contribution >= 0.6 is 0 Å². The predicted molar refractivity (Wildman–Crippen MR) is 467 cm³/mol. The first-order chi connectivity index (χ1) is 52.3. The molecular formula is C106H109N3O3. The molecule has 0 radical (unpaired) electrons. The minimum absolute atomic E-state index is 0.104. The van der Waals surface area contributed by atoms with Crippen molar-refractivity contribution < 1.29 is 14.2 Å². The number of nitrogens with zero attached hydrogens (tertiary/aromatic N) is 3. The first-order valence-corrected chi connectivity index (χ1v) is 38.6. The van der Waals surface area contributed by atoms with Gasteiger partial charge in [-0.25, -0.2) is 4.98 Å². The lowest BCUT2D eigenvalue weighted by Crippen LogP contribution is -2.16. The molecule has 112 heavy (non-hydrogen) atoms. The minimum atomic E-state index is -0.121. The Kier molecular flexibility index (Phi) is 24.2. The lowest BCUT2D eigenvalue weighted by molar-refractivity contribution is 0.413. The van der Waals surface area contributed by atoms with Crippen LogP contribution in [-0.2, 0) is 43.3 Å². The molecule has 0 bridgehead atoms. The summed E-state index contributed by atoms with van der Waals surface area (Å²) in [6.07, 6.45) is 3.51. The van der Waals surface area contributed by atoms with Crippen molar-refractivity contribution in [3.63, 3.8) is 0 Å². The largest absolute Gasteiger partial charge is 0.495 e. The van der Waals surface area contributed by atoms with Gasteiger partial charge in [0.1, 0.15) is 17.2 Å². The Bertz CT molecular complexity index is 5560. The van der Waals surface area contributed by atoms with Crippen LogP contribution in [0.3, 0.4) is 0 Å². The van der Waals surface area contributed by atoms with Crippen molar-refractivity contribution in [3.8, 4) is 123 Å². The third kappa shape index (κ3) is 21.2. The molecule has 0 fully saturated rings. The number of pyridine rings is 3. The van der Waals surface area contributed by atoms with E-state index in [2.05, 4.69) is 332 Å². The normalized spacial score (nSPS) is 11.7. The van der Waals surface area contributed by atoms with Gasteiger partial charge in [-0.2, -0.15) is 0 Å². The Morgan fingerprint density at radius 3 is 0.607 bits per heavy atom. The van der Waals surface area contributed by atoms with Crippen molar-refractivity contribution in [2.24, 2.45) is 0 Å². The van der Waals surface area contributed by atoms with E-state index < -0.39 is 0 Å². The monoisotopic (exact) mass is 1470 g/mol. The fourth-order valence-electron chi connectivity index (χ4n) is 12.3. The van der Waals surface area contributed by atoms with Crippen molar-refractivity contribution in [1.82, 2.24) is 15.0 Å².